The Morgan fingerprint density at radius 2 is 2.00 bits per heavy atom. The van der Waals surface area contributed by atoms with E-state index in [9.17, 15) is 0 Å². The number of halogens is 2. The Morgan fingerprint density at radius 1 is 1.38 bits per heavy atom. The van der Waals surface area contributed by atoms with E-state index in [-0.39, 0.29) is 5.41 Å². The second-order valence-corrected chi connectivity index (χ2v) is 5.10. The minimum absolute atomic E-state index is 0.0204. The lowest BCUT2D eigenvalue weighted by Gasteiger charge is -2.23. The van der Waals surface area contributed by atoms with Gasteiger partial charge in [-0.2, -0.15) is 0 Å². The maximum Gasteiger partial charge on any atom is 0.0420 e. The standard InChI is InChI=1S/C10H13BrClN/c1-10(2,6-13)7-3-8(11)5-9(12)4-7/h3-5H,6,13H2,1-2H3. The van der Waals surface area contributed by atoms with Crippen molar-refractivity contribution in [3.05, 3.63) is 33.3 Å². The van der Waals surface area contributed by atoms with E-state index in [0.717, 1.165) is 15.1 Å². The average Bonchev–Trinajstić information content (AvgIpc) is 2.02. The molecule has 0 fully saturated rings. The molecule has 3 heteroatoms. The van der Waals surface area contributed by atoms with Crippen molar-refractivity contribution in [2.75, 3.05) is 6.54 Å². The maximum atomic E-state index is 5.94. The van der Waals surface area contributed by atoms with Gasteiger partial charge in [-0.05, 0) is 23.8 Å². The van der Waals surface area contributed by atoms with Crippen LogP contribution in [0.4, 0.5) is 0 Å². The van der Waals surface area contributed by atoms with Gasteiger partial charge < -0.3 is 5.73 Å². The topological polar surface area (TPSA) is 26.0 Å². The van der Waals surface area contributed by atoms with Crippen LogP contribution in [0.1, 0.15) is 19.4 Å². The molecule has 2 N–H and O–H groups in total. The van der Waals surface area contributed by atoms with Gasteiger partial charge in [-0.25, -0.2) is 0 Å². The van der Waals surface area contributed by atoms with Crippen LogP contribution in [0.25, 0.3) is 0 Å². The second-order valence-electron chi connectivity index (χ2n) is 3.75. The van der Waals surface area contributed by atoms with Gasteiger partial charge in [0.2, 0.25) is 0 Å². The molecule has 1 rings (SSSR count). The molecule has 0 radical (unpaired) electrons. The molecule has 0 aliphatic heterocycles. The third-order valence-electron chi connectivity index (χ3n) is 2.15. The van der Waals surface area contributed by atoms with Gasteiger partial charge in [0.15, 0.2) is 0 Å². The quantitative estimate of drug-likeness (QED) is 0.869. The molecule has 0 aromatic heterocycles. The molecule has 0 bridgehead atoms. The van der Waals surface area contributed by atoms with Gasteiger partial charge >= 0.3 is 0 Å². The fourth-order valence-electron chi connectivity index (χ4n) is 1.06. The summed E-state index contributed by atoms with van der Waals surface area (Å²) in [6.07, 6.45) is 0. The average molecular weight is 263 g/mol. The molecule has 0 spiro atoms. The number of nitrogens with two attached hydrogens (primary N) is 1. The van der Waals surface area contributed by atoms with Crippen molar-refractivity contribution in [3.8, 4) is 0 Å². The molecule has 1 aromatic rings. The summed E-state index contributed by atoms with van der Waals surface area (Å²) >= 11 is 9.35. The summed E-state index contributed by atoms with van der Waals surface area (Å²) in [7, 11) is 0. The molecular formula is C10H13BrClN. The van der Waals surface area contributed by atoms with E-state index in [1.54, 1.807) is 0 Å². The molecule has 0 unspecified atom stereocenters. The van der Waals surface area contributed by atoms with Crippen LogP contribution in [0.3, 0.4) is 0 Å². The van der Waals surface area contributed by atoms with Crippen LogP contribution in [0.5, 0.6) is 0 Å². The lowest BCUT2D eigenvalue weighted by molar-refractivity contribution is 0.539. The monoisotopic (exact) mass is 261 g/mol. The van der Waals surface area contributed by atoms with E-state index in [0.29, 0.717) is 6.54 Å². The first-order valence-corrected chi connectivity index (χ1v) is 5.29. The first kappa shape index (κ1) is 11.0. The summed E-state index contributed by atoms with van der Waals surface area (Å²) in [6.45, 7) is 4.82. The van der Waals surface area contributed by atoms with Gasteiger partial charge in [0.05, 0.1) is 0 Å². The van der Waals surface area contributed by atoms with E-state index in [4.69, 9.17) is 17.3 Å². The lowest BCUT2D eigenvalue weighted by atomic mass is 9.85. The highest BCUT2D eigenvalue weighted by atomic mass is 79.9. The Kier molecular flexibility index (Phi) is 3.38. The Morgan fingerprint density at radius 3 is 2.46 bits per heavy atom. The molecule has 1 aromatic carbocycles. The molecule has 0 amide bonds. The van der Waals surface area contributed by atoms with E-state index in [1.165, 1.54) is 0 Å². The lowest BCUT2D eigenvalue weighted by Crippen LogP contribution is -2.28. The van der Waals surface area contributed by atoms with Crippen LogP contribution in [0, 0.1) is 0 Å². The van der Waals surface area contributed by atoms with Crippen molar-refractivity contribution < 1.29 is 0 Å². The number of rotatable bonds is 2. The Labute approximate surface area is 92.4 Å². The van der Waals surface area contributed by atoms with E-state index in [1.807, 2.05) is 12.1 Å². The van der Waals surface area contributed by atoms with Gasteiger partial charge in [-0.3, -0.25) is 0 Å². The second kappa shape index (κ2) is 3.99. The van der Waals surface area contributed by atoms with Crippen LogP contribution in [-0.2, 0) is 5.41 Å². The first-order chi connectivity index (χ1) is 5.95. The molecule has 1 nitrogen and oxygen atoms in total. The van der Waals surface area contributed by atoms with E-state index < -0.39 is 0 Å². The van der Waals surface area contributed by atoms with Crippen LogP contribution < -0.4 is 5.73 Å². The van der Waals surface area contributed by atoms with Crippen molar-refractivity contribution in [2.24, 2.45) is 5.73 Å². The number of benzene rings is 1. The van der Waals surface area contributed by atoms with Crippen molar-refractivity contribution in [2.45, 2.75) is 19.3 Å². The summed E-state index contributed by atoms with van der Waals surface area (Å²) in [5, 5.41) is 0.742. The predicted octanol–water partition coefficient (Wildman–Crippen LogP) is 3.34. The summed E-state index contributed by atoms with van der Waals surface area (Å²) in [6, 6.07) is 5.88. The van der Waals surface area contributed by atoms with Crippen molar-refractivity contribution in [1.29, 1.82) is 0 Å². The van der Waals surface area contributed by atoms with Gasteiger partial charge in [0, 0.05) is 21.5 Å². The zero-order chi connectivity index (χ0) is 10.1. The highest BCUT2D eigenvalue weighted by molar-refractivity contribution is 9.10. The Balaban J connectivity index is 3.15. The highest BCUT2D eigenvalue weighted by Gasteiger charge is 2.18. The van der Waals surface area contributed by atoms with Crippen LogP contribution in [-0.4, -0.2) is 6.54 Å². The zero-order valence-corrected chi connectivity index (χ0v) is 10.1. The third kappa shape index (κ3) is 2.70. The Hall–Kier alpha value is -0.0500. The summed E-state index contributed by atoms with van der Waals surface area (Å²) in [5.74, 6) is 0. The first-order valence-electron chi connectivity index (χ1n) is 4.12. The van der Waals surface area contributed by atoms with Crippen molar-refractivity contribution >= 4 is 27.5 Å². The van der Waals surface area contributed by atoms with Crippen LogP contribution in [0.2, 0.25) is 5.02 Å². The summed E-state index contributed by atoms with van der Waals surface area (Å²) in [4.78, 5) is 0. The molecule has 13 heavy (non-hydrogen) atoms. The summed E-state index contributed by atoms with van der Waals surface area (Å²) < 4.78 is 0.997. The fraction of sp³-hybridized carbons (Fsp3) is 0.400. The Bertz CT molecular complexity index is 290. The molecule has 0 heterocycles. The largest absolute Gasteiger partial charge is 0.330 e. The van der Waals surface area contributed by atoms with Gasteiger partial charge in [0.25, 0.3) is 0 Å². The summed E-state index contributed by atoms with van der Waals surface area (Å²) in [5.41, 5.74) is 6.82. The van der Waals surface area contributed by atoms with Crippen LogP contribution in [0.15, 0.2) is 22.7 Å². The zero-order valence-electron chi connectivity index (χ0n) is 7.77. The highest BCUT2D eigenvalue weighted by Crippen LogP contribution is 2.28. The van der Waals surface area contributed by atoms with E-state index in [2.05, 4.69) is 35.8 Å². The van der Waals surface area contributed by atoms with Gasteiger partial charge in [-0.1, -0.05) is 41.4 Å². The SMILES string of the molecule is CC(C)(CN)c1cc(Cl)cc(Br)c1. The smallest absolute Gasteiger partial charge is 0.0420 e. The normalized spacial score (nSPS) is 11.8. The molecule has 0 aliphatic rings. The minimum atomic E-state index is -0.0204. The molecular weight excluding hydrogens is 249 g/mol. The predicted molar refractivity (Wildman–Crippen MR) is 61.2 cm³/mol. The van der Waals surface area contributed by atoms with E-state index >= 15 is 0 Å². The van der Waals surface area contributed by atoms with Crippen molar-refractivity contribution in [3.63, 3.8) is 0 Å². The van der Waals surface area contributed by atoms with Crippen LogP contribution >= 0.6 is 27.5 Å². The van der Waals surface area contributed by atoms with Gasteiger partial charge in [-0.15, -0.1) is 0 Å². The maximum absolute atomic E-state index is 5.94. The number of hydrogen-bond donors (Lipinski definition) is 1. The van der Waals surface area contributed by atoms with Crippen molar-refractivity contribution in [1.82, 2.24) is 0 Å². The molecule has 0 saturated carbocycles. The molecule has 72 valence electrons. The minimum Gasteiger partial charge on any atom is -0.330 e. The number of hydrogen-bond acceptors (Lipinski definition) is 1. The molecule has 0 aliphatic carbocycles. The van der Waals surface area contributed by atoms with Gasteiger partial charge in [0.1, 0.15) is 0 Å². The fourth-order valence-corrected chi connectivity index (χ4v) is 1.92. The molecule has 0 atom stereocenters. The third-order valence-corrected chi connectivity index (χ3v) is 2.83. The molecule has 0 saturated heterocycles.